The van der Waals surface area contributed by atoms with Gasteiger partial charge in [-0.3, -0.25) is 5.10 Å². The highest BCUT2D eigenvalue weighted by molar-refractivity contribution is 7.89. The van der Waals surface area contributed by atoms with E-state index in [1.807, 2.05) is 7.05 Å². The molecule has 1 N–H and O–H groups in total. The van der Waals surface area contributed by atoms with Crippen LogP contribution in [-0.2, 0) is 15.9 Å². The summed E-state index contributed by atoms with van der Waals surface area (Å²) in [5, 5.41) is 6.67. The molecule has 8 heteroatoms. The van der Waals surface area contributed by atoms with Crippen LogP contribution in [0.4, 0.5) is 0 Å². The van der Waals surface area contributed by atoms with Crippen LogP contribution in [0.25, 0.3) is 0 Å². The largest absolute Gasteiger partial charge is 0.302 e. The maximum Gasteiger partial charge on any atom is 0.262 e. The lowest BCUT2D eigenvalue weighted by Crippen LogP contribution is -2.39. The summed E-state index contributed by atoms with van der Waals surface area (Å²) in [6, 6.07) is 0.272. The van der Waals surface area contributed by atoms with E-state index < -0.39 is 10.0 Å². The quantitative estimate of drug-likeness (QED) is 0.827. The van der Waals surface area contributed by atoms with Crippen LogP contribution >= 0.6 is 11.6 Å². The maximum absolute atomic E-state index is 12.6. The van der Waals surface area contributed by atoms with E-state index in [4.69, 9.17) is 11.6 Å². The van der Waals surface area contributed by atoms with Gasteiger partial charge in [-0.05, 0) is 33.4 Å². The standard InChI is InChI=1S/C12H21ClN4O2S/c1-9-11(7-13)12(15-14-9)20(18,19)17(3)8-10-5-4-6-16(10)2/h10H,4-8H2,1-3H3,(H,14,15). The van der Waals surface area contributed by atoms with Gasteiger partial charge in [0.15, 0.2) is 5.03 Å². The van der Waals surface area contributed by atoms with Crippen molar-refractivity contribution in [3.05, 3.63) is 11.3 Å². The second kappa shape index (κ2) is 6.01. The molecule has 0 aliphatic carbocycles. The predicted octanol–water partition coefficient (Wildman–Crippen LogP) is 1.17. The van der Waals surface area contributed by atoms with Gasteiger partial charge in [-0.15, -0.1) is 11.6 Å². The molecule has 0 spiro atoms. The highest BCUT2D eigenvalue weighted by atomic mass is 35.5. The lowest BCUT2D eigenvalue weighted by Gasteiger charge is -2.25. The third kappa shape index (κ3) is 2.86. The smallest absolute Gasteiger partial charge is 0.262 e. The molecule has 6 nitrogen and oxygen atoms in total. The average molecular weight is 321 g/mol. The lowest BCUT2D eigenvalue weighted by molar-refractivity contribution is 0.270. The van der Waals surface area contributed by atoms with Crippen molar-refractivity contribution in [2.75, 3.05) is 27.2 Å². The van der Waals surface area contributed by atoms with Crippen molar-refractivity contribution in [1.29, 1.82) is 0 Å². The van der Waals surface area contributed by atoms with Gasteiger partial charge in [0.1, 0.15) is 0 Å². The van der Waals surface area contributed by atoms with E-state index in [1.54, 1.807) is 14.0 Å². The van der Waals surface area contributed by atoms with Crippen molar-refractivity contribution in [1.82, 2.24) is 19.4 Å². The number of nitrogens with one attached hydrogen (secondary N) is 1. The van der Waals surface area contributed by atoms with Crippen LogP contribution in [0.5, 0.6) is 0 Å². The second-order valence-electron chi connectivity index (χ2n) is 5.33. The molecule has 1 saturated heterocycles. The first kappa shape index (κ1) is 15.8. The van der Waals surface area contributed by atoms with Gasteiger partial charge in [0.05, 0.1) is 5.88 Å². The van der Waals surface area contributed by atoms with Crippen molar-refractivity contribution < 1.29 is 8.42 Å². The summed E-state index contributed by atoms with van der Waals surface area (Å²) in [5.74, 6) is 0.133. The van der Waals surface area contributed by atoms with Gasteiger partial charge >= 0.3 is 0 Å². The number of H-pyrrole nitrogens is 1. The van der Waals surface area contributed by atoms with Crippen LogP contribution in [0.3, 0.4) is 0 Å². The zero-order valence-corrected chi connectivity index (χ0v) is 13.6. The minimum absolute atomic E-state index is 0.0492. The summed E-state index contributed by atoms with van der Waals surface area (Å²) in [7, 11) is 0.0375. The fourth-order valence-corrected chi connectivity index (χ4v) is 4.32. The molecule has 0 amide bonds. The molecule has 0 aromatic carbocycles. The Morgan fingerprint density at radius 3 is 2.80 bits per heavy atom. The molecule has 2 rings (SSSR count). The Morgan fingerprint density at radius 2 is 2.25 bits per heavy atom. The molecule has 2 heterocycles. The Hall–Kier alpha value is -0.630. The predicted molar refractivity (Wildman–Crippen MR) is 78.3 cm³/mol. The fraction of sp³-hybridized carbons (Fsp3) is 0.750. The molecular weight excluding hydrogens is 300 g/mol. The van der Waals surface area contributed by atoms with Crippen LogP contribution < -0.4 is 0 Å². The van der Waals surface area contributed by atoms with Gasteiger partial charge in [0.2, 0.25) is 0 Å². The second-order valence-corrected chi connectivity index (χ2v) is 7.56. The number of aromatic amines is 1. The molecule has 1 fully saturated rings. The van der Waals surface area contributed by atoms with Crippen molar-refractivity contribution in [3.8, 4) is 0 Å². The lowest BCUT2D eigenvalue weighted by atomic mass is 10.2. The molecule has 1 aromatic rings. The van der Waals surface area contributed by atoms with Gasteiger partial charge in [0.25, 0.3) is 10.0 Å². The van der Waals surface area contributed by atoms with E-state index in [0.717, 1.165) is 19.4 Å². The Morgan fingerprint density at radius 1 is 1.55 bits per heavy atom. The van der Waals surface area contributed by atoms with Gasteiger partial charge in [-0.2, -0.15) is 9.40 Å². The molecule has 0 bridgehead atoms. The number of likely N-dealkylation sites (tertiary alicyclic amines) is 1. The van der Waals surface area contributed by atoms with Crippen LogP contribution in [0.1, 0.15) is 24.1 Å². The number of likely N-dealkylation sites (N-methyl/N-ethyl adjacent to an activating group) is 2. The van der Waals surface area contributed by atoms with Crippen LogP contribution in [0.15, 0.2) is 5.03 Å². The number of aryl methyl sites for hydroxylation is 1. The van der Waals surface area contributed by atoms with Crippen molar-refractivity contribution >= 4 is 21.6 Å². The first-order valence-electron chi connectivity index (χ1n) is 6.64. The van der Waals surface area contributed by atoms with Gasteiger partial charge in [0, 0.05) is 30.9 Å². The Balaban J connectivity index is 2.21. The van der Waals surface area contributed by atoms with Crippen molar-refractivity contribution in [3.63, 3.8) is 0 Å². The monoisotopic (exact) mass is 320 g/mol. The highest BCUT2D eigenvalue weighted by Crippen LogP contribution is 2.23. The Kier molecular flexibility index (Phi) is 4.73. The Bertz CT molecular complexity index is 572. The number of halogens is 1. The zero-order valence-electron chi connectivity index (χ0n) is 12.1. The minimum atomic E-state index is -3.59. The number of hydrogen-bond donors (Lipinski definition) is 1. The molecule has 1 atom stereocenters. The number of sulfonamides is 1. The molecule has 1 aromatic heterocycles. The summed E-state index contributed by atoms with van der Waals surface area (Å²) in [4.78, 5) is 2.20. The first-order valence-corrected chi connectivity index (χ1v) is 8.61. The van der Waals surface area contributed by atoms with Gasteiger partial charge in [-0.1, -0.05) is 0 Å². The van der Waals surface area contributed by atoms with E-state index in [-0.39, 0.29) is 16.9 Å². The summed E-state index contributed by atoms with van der Waals surface area (Å²) >= 11 is 5.83. The maximum atomic E-state index is 12.6. The zero-order chi connectivity index (χ0) is 14.9. The molecule has 1 unspecified atom stereocenters. The molecular formula is C12H21ClN4O2S. The van der Waals surface area contributed by atoms with E-state index in [9.17, 15) is 8.42 Å². The third-order valence-electron chi connectivity index (χ3n) is 3.96. The van der Waals surface area contributed by atoms with Crippen LogP contribution in [0.2, 0.25) is 0 Å². The SMILES string of the molecule is Cc1[nH]nc(S(=O)(=O)N(C)CC2CCCN2C)c1CCl. The molecule has 20 heavy (non-hydrogen) atoms. The van der Waals surface area contributed by atoms with Gasteiger partial charge < -0.3 is 4.90 Å². The first-order chi connectivity index (χ1) is 9.37. The third-order valence-corrected chi connectivity index (χ3v) is 6.03. The Labute approximate surface area is 125 Å². The number of rotatable bonds is 5. The van der Waals surface area contributed by atoms with E-state index in [2.05, 4.69) is 15.1 Å². The van der Waals surface area contributed by atoms with Crippen molar-refractivity contribution in [2.45, 2.75) is 36.7 Å². The van der Waals surface area contributed by atoms with E-state index >= 15 is 0 Å². The summed E-state index contributed by atoms with van der Waals surface area (Å²) in [6.45, 7) is 3.27. The molecule has 114 valence electrons. The summed E-state index contributed by atoms with van der Waals surface area (Å²) in [5.41, 5.74) is 1.25. The minimum Gasteiger partial charge on any atom is -0.302 e. The van der Waals surface area contributed by atoms with Crippen LogP contribution in [-0.4, -0.2) is 61.0 Å². The number of aromatic nitrogens is 2. The summed E-state index contributed by atoms with van der Waals surface area (Å²) in [6.07, 6.45) is 2.14. The fourth-order valence-electron chi connectivity index (χ4n) is 2.55. The average Bonchev–Trinajstić information content (AvgIpc) is 2.96. The normalized spacial score (nSPS) is 20.9. The van der Waals surface area contributed by atoms with Gasteiger partial charge in [-0.25, -0.2) is 8.42 Å². The highest BCUT2D eigenvalue weighted by Gasteiger charge is 2.31. The van der Waals surface area contributed by atoms with Crippen LogP contribution in [0, 0.1) is 6.92 Å². The van der Waals surface area contributed by atoms with E-state index in [0.29, 0.717) is 17.8 Å². The topological polar surface area (TPSA) is 69.3 Å². The molecule has 1 aliphatic heterocycles. The summed E-state index contributed by atoms with van der Waals surface area (Å²) < 4.78 is 26.6. The van der Waals surface area contributed by atoms with Crippen molar-refractivity contribution in [2.24, 2.45) is 0 Å². The molecule has 0 radical (unpaired) electrons. The molecule has 1 aliphatic rings. The number of alkyl halides is 1. The molecule has 0 saturated carbocycles. The number of nitrogens with zero attached hydrogens (tertiary/aromatic N) is 3. The number of hydrogen-bond acceptors (Lipinski definition) is 4. The van der Waals surface area contributed by atoms with E-state index in [1.165, 1.54) is 4.31 Å².